The molecule has 0 aliphatic carbocycles. The van der Waals surface area contributed by atoms with E-state index in [0.29, 0.717) is 18.7 Å². The molecule has 3 rings (SSSR count). The third kappa shape index (κ3) is 4.40. The molecule has 2 aromatic rings. The Kier molecular flexibility index (Phi) is 5.56. The summed E-state index contributed by atoms with van der Waals surface area (Å²) in [5.74, 6) is -0.0505. The monoisotopic (exact) mass is 364 g/mol. The lowest BCUT2D eigenvalue weighted by molar-refractivity contribution is -0.137. The number of rotatable bonds is 4. The summed E-state index contributed by atoms with van der Waals surface area (Å²) in [5.41, 5.74) is -0.447. The van der Waals surface area contributed by atoms with Gasteiger partial charge >= 0.3 is 6.18 Å². The minimum atomic E-state index is -4.51. The van der Waals surface area contributed by atoms with Crippen LogP contribution < -0.4 is 5.32 Å². The molecule has 138 valence electrons. The van der Waals surface area contributed by atoms with Gasteiger partial charge in [-0.25, -0.2) is 0 Å². The first-order chi connectivity index (χ1) is 12.4. The van der Waals surface area contributed by atoms with Crippen molar-refractivity contribution in [2.24, 2.45) is 5.92 Å². The first-order valence-corrected chi connectivity index (χ1v) is 8.44. The van der Waals surface area contributed by atoms with E-state index in [-0.39, 0.29) is 23.1 Å². The van der Waals surface area contributed by atoms with Crippen molar-refractivity contribution in [3.05, 3.63) is 53.7 Å². The number of aromatic nitrogens is 1. The van der Waals surface area contributed by atoms with Crippen molar-refractivity contribution in [1.29, 1.82) is 0 Å². The number of alkyl halides is 3. The lowest BCUT2D eigenvalue weighted by Crippen LogP contribution is -2.33. The predicted octanol–water partition coefficient (Wildman–Crippen LogP) is 3.92. The molecule has 1 aliphatic rings. The number of hydrogen-bond donors (Lipinski definition) is 1. The summed E-state index contributed by atoms with van der Waals surface area (Å²) in [6.45, 7) is 1.85. The number of carbonyl (C=O) groups excluding carboxylic acids is 1. The third-order valence-electron chi connectivity index (χ3n) is 4.32. The second kappa shape index (κ2) is 7.86. The topological polar surface area (TPSA) is 51.2 Å². The maximum Gasteiger partial charge on any atom is 0.418 e. The molecule has 1 atom stereocenters. The number of nitrogens with one attached hydrogen (secondary N) is 1. The van der Waals surface area contributed by atoms with Gasteiger partial charge in [0, 0.05) is 30.5 Å². The van der Waals surface area contributed by atoms with Gasteiger partial charge in [0.1, 0.15) is 0 Å². The molecule has 0 saturated carbocycles. The zero-order valence-corrected chi connectivity index (χ0v) is 14.1. The highest BCUT2D eigenvalue weighted by Gasteiger charge is 2.34. The van der Waals surface area contributed by atoms with Gasteiger partial charge in [0.25, 0.3) is 5.91 Å². The molecular weight excluding hydrogens is 345 g/mol. The minimum Gasteiger partial charge on any atom is -0.381 e. The zero-order valence-electron chi connectivity index (χ0n) is 14.1. The number of nitrogens with zero attached hydrogens (tertiary/aromatic N) is 1. The molecule has 4 nitrogen and oxygen atoms in total. The summed E-state index contributed by atoms with van der Waals surface area (Å²) in [4.78, 5) is 16.2. The van der Waals surface area contributed by atoms with Crippen LogP contribution in [0.25, 0.3) is 11.3 Å². The van der Waals surface area contributed by atoms with Crippen molar-refractivity contribution in [1.82, 2.24) is 10.3 Å². The van der Waals surface area contributed by atoms with Crippen LogP contribution >= 0.6 is 0 Å². The number of amides is 1. The van der Waals surface area contributed by atoms with Crippen LogP contribution in [0.3, 0.4) is 0 Å². The van der Waals surface area contributed by atoms with Crippen LogP contribution in [0, 0.1) is 5.92 Å². The average Bonchev–Trinajstić information content (AvgIpc) is 2.66. The van der Waals surface area contributed by atoms with Gasteiger partial charge in [-0.15, -0.1) is 0 Å². The van der Waals surface area contributed by atoms with E-state index in [2.05, 4.69) is 10.3 Å². The van der Waals surface area contributed by atoms with Gasteiger partial charge in [0.05, 0.1) is 17.9 Å². The van der Waals surface area contributed by atoms with Crippen LogP contribution in [0.4, 0.5) is 13.2 Å². The fraction of sp³-hybridized carbons (Fsp3) is 0.368. The predicted molar refractivity (Wildman–Crippen MR) is 90.6 cm³/mol. The number of carbonyl (C=O) groups is 1. The molecule has 1 aromatic heterocycles. The fourth-order valence-electron chi connectivity index (χ4n) is 2.98. The number of benzene rings is 1. The van der Waals surface area contributed by atoms with Gasteiger partial charge in [-0.1, -0.05) is 12.1 Å². The SMILES string of the molecule is O=C(NC[C@@H]1CCCOC1)c1cccc(-c2ncccc2C(F)(F)F)c1. The molecule has 1 aliphatic heterocycles. The summed E-state index contributed by atoms with van der Waals surface area (Å²) < 4.78 is 44.9. The quantitative estimate of drug-likeness (QED) is 0.895. The largest absolute Gasteiger partial charge is 0.418 e. The Morgan fingerprint density at radius 1 is 1.27 bits per heavy atom. The summed E-state index contributed by atoms with van der Waals surface area (Å²) in [5, 5.41) is 2.83. The number of halogens is 3. The van der Waals surface area contributed by atoms with Crippen molar-refractivity contribution in [3.63, 3.8) is 0 Å². The molecule has 0 spiro atoms. The highest BCUT2D eigenvalue weighted by atomic mass is 19.4. The number of hydrogen-bond acceptors (Lipinski definition) is 3. The van der Waals surface area contributed by atoms with E-state index in [1.807, 2.05) is 0 Å². The summed E-state index contributed by atoms with van der Waals surface area (Å²) in [6.07, 6.45) is -1.25. The van der Waals surface area contributed by atoms with Crippen molar-refractivity contribution >= 4 is 5.91 Å². The molecule has 2 heterocycles. The lowest BCUT2D eigenvalue weighted by Gasteiger charge is -2.22. The average molecular weight is 364 g/mol. The molecule has 1 aromatic carbocycles. The second-order valence-electron chi connectivity index (χ2n) is 6.27. The zero-order chi connectivity index (χ0) is 18.6. The Morgan fingerprint density at radius 3 is 2.85 bits per heavy atom. The van der Waals surface area contributed by atoms with Crippen LogP contribution in [-0.4, -0.2) is 30.6 Å². The highest BCUT2D eigenvalue weighted by Crippen LogP contribution is 2.35. The van der Waals surface area contributed by atoms with Crippen LogP contribution in [0.2, 0.25) is 0 Å². The third-order valence-corrected chi connectivity index (χ3v) is 4.32. The van der Waals surface area contributed by atoms with E-state index in [1.54, 1.807) is 12.1 Å². The van der Waals surface area contributed by atoms with E-state index in [9.17, 15) is 18.0 Å². The van der Waals surface area contributed by atoms with E-state index < -0.39 is 11.7 Å². The van der Waals surface area contributed by atoms with Crippen molar-refractivity contribution in [2.75, 3.05) is 19.8 Å². The normalized spacial score (nSPS) is 17.7. The number of pyridine rings is 1. The van der Waals surface area contributed by atoms with E-state index in [0.717, 1.165) is 25.5 Å². The van der Waals surface area contributed by atoms with Gasteiger partial charge in [-0.05, 0) is 43.0 Å². The van der Waals surface area contributed by atoms with Crippen LogP contribution in [0.15, 0.2) is 42.6 Å². The highest BCUT2D eigenvalue weighted by molar-refractivity contribution is 5.95. The Hall–Kier alpha value is -2.41. The molecular formula is C19H19F3N2O2. The molecule has 1 amide bonds. The molecule has 7 heteroatoms. The Morgan fingerprint density at radius 2 is 2.12 bits per heavy atom. The fourth-order valence-corrected chi connectivity index (χ4v) is 2.98. The summed E-state index contributed by atoms with van der Waals surface area (Å²) in [6, 6.07) is 8.32. The summed E-state index contributed by atoms with van der Waals surface area (Å²) in [7, 11) is 0. The van der Waals surface area contributed by atoms with Crippen molar-refractivity contribution in [3.8, 4) is 11.3 Å². The Balaban J connectivity index is 1.77. The molecule has 1 fully saturated rings. The maximum atomic E-state index is 13.2. The van der Waals surface area contributed by atoms with Gasteiger partial charge in [0.2, 0.25) is 0 Å². The summed E-state index contributed by atoms with van der Waals surface area (Å²) >= 11 is 0. The molecule has 1 N–H and O–H groups in total. The standard InChI is InChI=1S/C19H19F3N2O2/c20-19(21,22)16-7-2-8-23-17(16)14-5-1-6-15(10-14)18(25)24-11-13-4-3-9-26-12-13/h1-2,5-8,10,13H,3-4,9,11-12H2,(H,24,25)/t13-/m0/s1. The Labute approximate surface area is 149 Å². The first kappa shape index (κ1) is 18.4. The van der Waals surface area contributed by atoms with Crippen LogP contribution in [-0.2, 0) is 10.9 Å². The van der Waals surface area contributed by atoms with E-state index in [4.69, 9.17) is 4.74 Å². The molecule has 1 saturated heterocycles. The number of ether oxygens (including phenoxy) is 1. The molecule has 0 radical (unpaired) electrons. The minimum absolute atomic E-state index is 0.185. The Bertz CT molecular complexity index is 771. The maximum absolute atomic E-state index is 13.2. The van der Waals surface area contributed by atoms with E-state index >= 15 is 0 Å². The lowest BCUT2D eigenvalue weighted by atomic mass is 10.0. The van der Waals surface area contributed by atoms with Crippen LogP contribution in [0.5, 0.6) is 0 Å². The smallest absolute Gasteiger partial charge is 0.381 e. The molecule has 0 unspecified atom stereocenters. The van der Waals surface area contributed by atoms with Gasteiger partial charge in [-0.3, -0.25) is 9.78 Å². The molecule has 0 bridgehead atoms. The van der Waals surface area contributed by atoms with Gasteiger partial charge in [-0.2, -0.15) is 13.2 Å². The van der Waals surface area contributed by atoms with Crippen molar-refractivity contribution < 1.29 is 22.7 Å². The first-order valence-electron chi connectivity index (χ1n) is 8.44. The molecule has 26 heavy (non-hydrogen) atoms. The van der Waals surface area contributed by atoms with Crippen LogP contribution in [0.1, 0.15) is 28.8 Å². The van der Waals surface area contributed by atoms with Gasteiger partial charge < -0.3 is 10.1 Å². The van der Waals surface area contributed by atoms with Crippen molar-refractivity contribution in [2.45, 2.75) is 19.0 Å². The second-order valence-corrected chi connectivity index (χ2v) is 6.27. The van der Waals surface area contributed by atoms with E-state index in [1.165, 1.54) is 24.4 Å². The van der Waals surface area contributed by atoms with Gasteiger partial charge in [0.15, 0.2) is 0 Å².